The van der Waals surface area contributed by atoms with Gasteiger partial charge in [-0.3, -0.25) is 9.89 Å². The number of aliphatic hydroxyl groups excluding tert-OH is 1. The minimum Gasteiger partial charge on any atom is -0.395 e. The number of nitrogens with zero attached hydrogens (tertiary/aromatic N) is 2. The molecule has 0 spiro atoms. The van der Waals surface area contributed by atoms with Crippen LogP contribution in [0.15, 0.2) is 18.3 Å². The summed E-state index contributed by atoms with van der Waals surface area (Å²) in [6.07, 6.45) is 4.94. The minimum atomic E-state index is -1.11. The third-order valence-electron chi connectivity index (χ3n) is 6.49. The van der Waals surface area contributed by atoms with Crippen molar-refractivity contribution in [1.82, 2.24) is 15.2 Å². The lowest BCUT2D eigenvalue weighted by Gasteiger charge is -2.25. The standard InChI is InChI=1S/C22H26N4O4/c1-29-7-6-26-18-8-15-14-5-3-4-13-10-23-25-19(13)20(14)24-17(15)9-16(18)22(11-27,12-30-2)21(26)28/h8-10,24,27H,3-7,11-12H2,1-2H3,(H,23,25). The number of hydrogen-bond acceptors (Lipinski definition) is 5. The van der Waals surface area contributed by atoms with Gasteiger partial charge in [0, 0.05) is 43.6 Å². The molecule has 2 aromatic heterocycles. The Morgan fingerprint density at radius 2 is 2.13 bits per heavy atom. The van der Waals surface area contributed by atoms with Gasteiger partial charge in [0.1, 0.15) is 11.1 Å². The summed E-state index contributed by atoms with van der Waals surface area (Å²) in [4.78, 5) is 18.7. The number of amides is 1. The molecule has 0 bridgehead atoms. The minimum absolute atomic E-state index is 0.119. The third kappa shape index (κ3) is 2.57. The first kappa shape index (κ1) is 19.3. The fraction of sp³-hybridized carbons (Fsp3) is 0.455. The smallest absolute Gasteiger partial charge is 0.242 e. The van der Waals surface area contributed by atoms with E-state index < -0.39 is 5.41 Å². The number of rotatable bonds is 6. The van der Waals surface area contributed by atoms with Gasteiger partial charge in [-0.15, -0.1) is 0 Å². The van der Waals surface area contributed by atoms with Crippen molar-refractivity contribution in [3.8, 4) is 11.4 Å². The number of aryl methyl sites for hydroxylation is 2. The molecule has 0 saturated carbocycles. The number of H-pyrrole nitrogens is 2. The van der Waals surface area contributed by atoms with E-state index in [4.69, 9.17) is 9.47 Å². The van der Waals surface area contributed by atoms with Crippen LogP contribution in [0.4, 0.5) is 5.69 Å². The lowest BCUT2D eigenvalue weighted by atomic mass is 9.82. The molecule has 1 aromatic carbocycles. The monoisotopic (exact) mass is 410 g/mol. The Labute approximate surface area is 174 Å². The molecule has 0 saturated heterocycles. The van der Waals surface area contributed by atoms with Crippen LogP contribution in [0.3, 0.4) is 0 Å². The Morgan fingerprint density at radius 3 is 2.90 bits per heavy atom. The lowest BCUT2D eigenvalue weighted by Crippen LogP contribution is -2.47. The van der Waals surface area contributed by atoms with Crippen LogP contribution in [0.25, 0.3) is 22.3 Å². The van der Waals surface area contributed by atoms with E-state index in [0.717, 1.165) is 52.8 Å². The van der Waals surface area contributed by atoms with E-state index in [-0.39, 0.29) is 19.1 Å². The van der Waals surface area contributed by atoms with Crippen molar-refractivity contribution in [2.45, 2.75) is 24.7 Å². The lowest BCUT2D eigenvalue weighted by molar-refractivity contribution is -0.126. The second kappa shape index (κ2) is 7.23. The summed E-state index contributed by atoms with van der Waals surface area (Å²) >= 11 is 0. The highest BCUT2D eigenvalue weighted by Gasteiger charge is 2.51. The SMILES string of the molecule is COCCN1C(=O)C(CO)(COC)c2cc3[nH]c4c(c3cc21)CCCc1c[nH]nc1-4. The van der Waals surface area contributed by atoms with Crippen LogP contribution in [-0.4, -0.2) is 66.8 Å². The van der Waals surface area contributed by atoms with E-state index in [9.17, 15) is 9.90 Å². The van der Waals surface area contributed by atoms with Gasteiger partial charge in [-0.1, -0.05) is 0 Å². The van der Waals surface area contributed by atoms with Gasteiger partial charge < -0.3 is 24.5 Å². The quantitative estimate of drug-likeness (QED) is 0.576. The molecule has 3 heterocycles. The van der Waals surface area contributed by atoms with E-state index in [1.165, 1.54) is 11.1 Å². The highest BCUT2D eigenvalue weighted by atomic mass is 16.5. The molecule has 8 heteroatoms. The summed E-state index contributed by atoms with van der Waals surface area (Å²) < 4.78 is 10.6. The fourth-order valence-electron chi connectivity index (χ4n) is 5.00. The van der Waals surface area contributed by atoms with Gasteiger partial charge in [-0.25, -0.2) is 0 Å². The molecule has 1 amide bonds. The molecule has 30 heavy (non-hydrogen) atoms. The third-order valence-corrected chi connectivity index (χ3v) is 6.49. The van der Waals surface area contributed by atoms with Crippen molar-refractivity contribution in [3.05, 3.63) is 35.0 Å². The number of aliphatic hydroxyl groups is 1. The van der Waals surface area contributed by atoms with Crippen molar-refractivity contribution < 1.29 is 19.4 Å². The maximum atomic E-state index is 13.4. The molecule has 1 aliphatic heterocycles. The topological polar surface area (TPSA) is 103 Å². The number of ether oxygens (including phenoxy) is 2. The summed E-state index contributed by atoms with van der Waals surface area (Å²) in [6.45, 7) is 0.648. The molecule has 8 nitrogen and oxygen atoms in total. The van der Waals surface area contributed by atoms with Gasteiger partial charge in [0.05, 0.1) is 25.5 Å². The molecule has 3 N–H and O–H groups in total. The normalized spacial score (nSPS) is 20.4. The Hall–Kier alpha value is -2.68. The number of carbonyl (C=O) groups is 1. The summed E-state index contributed by atoms with van der Waals surface area (Å²) in [5.41, 5.74) is 5.91. The fourth-order valence-corrected chi connectivity index (χ4v) is 5.00. The largest absolute Gasteiger partial charge is 0.395 e. The summed E-state index contributed by atoms with van der Waals surface area (Å²) in [5.74, 6) is -0.146. The molecule has 1 unspecified atom stereocenters. The first-order chi connectivity index (χ1) is 14.6. The summed E-state index contributed by atoms with van der Waals surface area (Å²) in [6, 6.07) is 4.09. The number of aromatic amines is 2. The van der Waals surface area contributed by atoms with Crippen molar-refractivity contribution in [1.29, 1.82) is 0 Å². The van der Waals surface area contributed by atoms with Crippen molar-refractivity contribution in [2.24, 2.45) is 0 Å². The first-order valence-electron chi connectivity index (χ1n) is 10.3. The Balaban J connectivity index is 1.74. The molecule has 1 aliphatic carbocycles. The number of fused-ring (bicyclic) bond motifs is 6. The predicted molar refractivity (Wildman–Crippen MR) is 113 cm³/mol. The zero-order valence-corrected chi connectivity index (χ0v) is 17.2. The van der Waals surface area contributed by atoms with Crippen LogP contribution in [0.5, 0.6) is 0 Å². The molecular weight excluding hydrogens is 384 g/mol. The second-order valence-corrected chi connectivity index (χ2v) is 8.13. The highest BCUT2D eigenvalue weighted by molar-refractivity contribution is 6.11. The maximum absolute atomic E-state index is 13.4. The average molecular weight is 410 g/mol. The van der Waals surface area contributed by atoms with Gasteiger partial charge in [-0.2, -0.15) is 5.10 Å². The first-order valence-corrected chi connectivity index (χ1v) is 10.3. The highest BCUT2D eigenvalue weighted by Crippen LogP contribution is 2.46. The van der Waals surface area contributed by atoms with Crippen LogP contribution in [0.2, 0.25) is 0 Å². The number of carbonyl (C=O) groups excluding carboxylic acids is 1. The van der Waals surface area contributed by atoms with Crippen LogP contribution >= 0.6 is 0 Å². The zero-order chi connectivity index (χ0) is 20.9. The van der Waals surface area contributed by atoms with Gasteiger partial charge >= 0.3 is 0 Å². The van der Waals surface area contributed by atoms with E-state index in [2.05, 4.69) is 21.2 Å². The van der Waals surface area contributed by atoms with Crippen LogP contribution < -0.4 is 4.90 Å². The average Bonchev–Trinajstić information content (AvgIpc) is 3.38. The summed E-state index contributed by atoms with van der Waals surface area (Å²) in [5, 5.41) is 18.9. The van der Waals surface area contributed by atoms with Gasteiger partial charge in [0.2, 0.25) is 5.91 Å². The molecule has 2 aliphatic rings. The van der Waals surface area contributed by atoms with Gasteiger partial charge in [0.15, 0.2) is 0 Å². The van der Waals surface area contributed by atoms with Crippen molar-refractivity contribution >= 4 is 22.5 Å². The molecule has 158 valence electrons. The van der Waals surface area contributed by atoms with Crippen molar-refractivity contribution in [3.63, 3.8) is 0 Å². The van der Waals surface area contributed by atoms with Crippen LogP contribution in [-0.2, 0) is 32.5 Å². The predicted octanol–water partition coefficient (Wildman–Crippen LogP) is 1.92. The zero-order valence-electron chi connectivity index (χ0n) is 17.2. The number of hydrogen-bond donors (Lipinski definition) is 3. The molecule has 5 rings (SSSR count). The number of aromatic nitrogens is 3. The maximum Gasteiger partial charge on any atom is 0.242 e. The van der Waals surface area contributed by atoms with E-state index in [0.29, 0.717) is 13.2 Å². The van der Waals surface area contributed by atoms with Gasteiger partial charge in [0.25, 0.3) is 0 Å². The molecule has 0 fully saturated rings. The molecule has 0 radical (unpaired) electrons. The van der Waals surface area contributed by atoms with Crippen LogP contribution in [0, 0.1) is 0 Å². The number of nitrogens with one attached hydrogen (secondary N) is 2. The van der Waals surface area contributed by atoms with Crippen LogP contribution in [0.1, 0.15) is 23.1 Å². The van der Waals surface area contributed by atoms with E-state index in [1.807, 2.05) is 12.3 Å². The Bertz CT molecular complexity index is 1120. The summed E-state index contributed by atoms with van der Waals surface area (Å²) in [7, 11) is 3.17. The second-order valence-electron chi connectivity index (χ2n) is 8.13. The molecule has 3 aromatic rings. The van der Waals surface area contributed by atoms with E-state index >= 15 is 0 Å². The molecular formula is C22H26N4O4. The van der Waals surface area contributed by atoms with Crippen molar-refractivity contribution in [2.75, 3.05) is 45.5 Å². The Kier molecular flexibility index (Phi) is 4.65. The number of benzene rings is 1. The number of anilines is 1. The molecule has 1 atom stereocenters. The van der Waals surface area contributed by atoms with E-state index in [1.54, 1.807) is 19.1 Å². The number of methoxy groups -OCH3 is 2. The van der Waals surface area contributed by atoms with Gasteiger partial charge in [-0.05, 0) is 48.1 Å². The Morgan fingerprint density at radius 1 is 1.27 bits per heavy atom.